The Balaban J connectivity index is 6.13. The molecular formula is CH22P19-. The predicted octanol–water partition coefficient (Wildman–Crippen LogP) is 10.3. The van der Waals surface area contributed by atoms with E-state index in [9.17, 15) is 0 Å². The summed E-state index contributed by atoms with van der Waals surface area (Å²) in [5.74, 6) is 0. The SMILES string of the molecule is P[P-]P(P(P)P)C(P(P)P)(P(P)P)P(P(P)P)P(P)P. The van der Waals surface area contributed by atoms with Crippen LogP contribution in [-0.2, 0) is 0 Å². The van der Waals surface area contributed by atoms with Crippen molar-refractivity contribution in [2.24, 2.45) is 0 Å². The molecule has 20 heavy (non-hydrogen) atoms. The van der Waals surface area contributed by atoms with Crippen LogP contribution in [0.25, 0.3) is 0 Å². The van der Waals surface area contributed by atoms with Gasteiger partial charge < -0.3 is 7.96 Å². The highest BCUT2D eigenvalue weighted by atomic mass is 33.0. The van der Waals surface area contributed by atoms with Crippen LogP contribution in [0, 0.1) is 0 Å². The lowest BCUT2D eigenvalue weighted by atomic mass is 11.8. The summed E-state index contributed by atoms with van der Waals surface area (Å²) in [5.41, 5.74) is 0. The molecule has 0 amide bonds. The van der Waals surface area contributed by atoms with Crippen molar-refractivity contribution in [2.45, 2.75) is 4.38 Å². The first-order valence-electron chi connectivity index (χ1n) is 4.53. The van der Waals surface area contributed by atoms with Gasteiger partial charge in [0.2, 0.25) is 0 Å². The van der Waals surface area contributed by atoms with E-state index in [2.05, 4.69) is 98.2 Å². The van der Waals surface area contributed by atoms with Gasteiger partial charge in [0.05, 0.1) is 0 Å². The summed E-state index contributed by atoms with van der Waals surface area (Å²) in [6, 6.07) is 0. The average molecular weight is 623 g/mol. The molecule has 122 valence electrons. The number of hydrogen-bond acceptors (Lipinski definition) is 0. The molecule has 0 aromatic heterocycles. The molecule has 0 heterocycles. The molecule has 12 unspecified atom stereocenters. The fourth-order valence-corrected chi connectivity index (χ4v) is 138. The zero-order valence-electron chi connectivity index (χ0n) is 10.4. The van der Waals surface area contributed by atoms with Crippen molar-refractivity contribution in [1.29, 1.82) is 0 Å². The fourth-order valence-electron chi connectivity index (χ4n) is 1.35. The average Bonchev–Trinajstić information content (AvgIpc) is 2.25. The second kappa shape index (κ2) is 14.2. The van der Waals surface area contributed by atoms with E-state index in [1.165, 1.54) is 7.96 Å². The summed E-state index contributed by atoms with van der Waals surface area (Å²) < 4.78 is 0.489. The third kappa shape index (κ3) is 7.78. The van der Waals surface area contributed by atoms with E-state index in [4.69, 9.17) is 0 Å². The monoisotopic (exact) mass is 623 g/mol. The van der Waals surface area contributed by atoms with Crippen molar-refractivity contribution in [2.75, 3.05) is 0 Å². The lowest BCUT2D eigenvalue weighted by Gasteiger charge is -2.60. The van der Waals surface area contributed by atoms with Gasteiger partial charge in [-0.15, -0.1) is 89.3 Å². The van der Waals surface area contributed by atoms with Crippen LogP contribution in [0.4, 0.5) is 0 Å². The highest BCUT2D eigenvalue weighted by Gasteiger charge is 2.50. The van der Waals surface area contributed by atoms with Crippen LogP contribution in [0.5, 0.6) is 0 Å². The minimum atomic E-state index is -0.143. The Morgan fingerprint density at radius 1 is 0.600 bits per heavy atom. The van der Waals surface area contributed by atoms with Gasteiger partial charge in [-0.25, -0.2) is 7.30 Å². The van der Waals surface area contributed by atoms with Crippen LogP contribution < -0.4 is 0 Å². The second-order valence-electron chi connectivity index (χ2n) is 3.25. The molecule has 0 aliphatic heterocycles. The summed E-state index contributed by atoms with van der Waals surface area (Å²) in [4.78, 5) is 0. The minimum absolute atomic E-state index is 0.0291. The Bertz CT molecular complexity index is 247. The standard InChI is InChI=1S/CH22P19/c2-13-16(18(7)8)1(14(3)4,15(5)6)17(19(9)10)20(11)12/h2-12H2/q-1. The van der Waals surface area contributed by atoms with Crippen molar-refractivity contribution < 1.29 is 0 Å². The Labute approximate surface area is 159 Å². The molecule has 0 N–H and O–H groups in total. The molecule has 0 nitrogen and oxygen atoms in total. The molecule has 0 bridgehead atoms. The topological polar surface area (TPSA) is 0 Å². The Kier molecular flexibility index (Phi) is 20.0. The molecule has 0 fully saturated rings. The van der Waals surface area contributed by atoms with E-state index in [1.54, 1.807) is 0 Å². The highest BCUT2D eigenvalue weighted by Crippen LogP contribution is 3.19. The molecular weight excluding hydrogens is 601 g/mol. The van der Waals surface area contributed by atoms with Gasteiger partial charge in [0.15, 0.2) is 0 Å². The van der Waals surface area contributed by atoms with Crippen molar-refractivity contribution >= 4 is 156 Å². The first kappa shape index (κ1) is 28.2. The first-order chi connectivity index (χ1) is 9.04. The van der Waals surface area contributed by atoms with Crippen molar-refractivity contribution in [3.63, 3.8) is 0 Å². The van der Waals surface area contributed by atoms with Gasteiger partial charge in [0, 0.05) is 4.38 Å². The van der Waals surface area contributed by atoms with Gasteiger partial charge in [0.1, 0.15) is 0 Å². The third-order valence-electron chi connectivity index (χ3n) is 2.00. The van der Waals surface area contributed by atoms with Crippen molar-refractivity contribution in [3.05, 3.63) is 0 Å². The van der Waals surface area contributed by atoms with Crippen LogP contribution in [0.3, 0.4) is 0 Å². The normalized spacial score (nSPS) is 16.1. The molecule has 0 radical (unpaired) electrons. The van der Waals surface area contributed by atoms with E-state index in [-0.39, 0.29) is 50.2 Å². The summed E-state index contributed by atoms with van der Waals surface area (Å²) >= 11 is 0. The van der Waals surface area contributed by atoms with Crippen LogP contribution in [0.15, 0.2) is 0 Å². The molecule has 0 saturated carbocycles. The lowest BCUT2D eigenvalue weighted by Crippen LogP contribution is -2.06. The van der Waals surface area contributed by atoms with Gasteiger partial charge >= 0.3 is 0 Å². The van der Waals surface area contributed by atoms with E-state index in [1.807, 2.05) is 0 Å². The molecule has 0 aromatic carbocycles. The minimum Gasteiger partial charge on any atom is -0.475 e. The number of rotatable bonds is 8. The molecule has 0 aliphatic rings. The maximum absolute atomic E-state index is 3.18. The van der Waals surface area contributed by atoms with Crippen LogP contribution in [0.2, 0.25) is 0 Å². The van der Waals surface area contributed by atoms with Crippen LogP contribution >= 0.6 is 156 Å². The molecule has 0 aliphatic carbocycles. The van der Waals surface area contributed by atoms with E-state index >= 15 is 0 Å². The van der Waals surface area contributed by atoms with E-state index < -0.39 is 0 Å². The summed E-state index contributed by atoms with van der Waals surface area (Å²) in [6.07, 6.45) is 0. The Hall–Kier alpha value is 8.17. The van der Waals surface area contributed by atoms with E-state index in [0.29, 0.717) is 4.38 Å². The highest BCUT2D eigenvalue weighted by molar-refractivity contribution is 9.03. The quantitative estimate of drug-likeness (QED) is 0.236. The molecule has 0 aromatic rings. The van der Waals surface area contributed by atoms with Crippen LogP contribution in [0.1, 0.15) is 0 Å². The summed E-state index contributed by atoms with van der Waals surface area (Å²) in [5, 5.41) is 0. The molecule has 12 atom stereocenters. The Morgan fingerprint density at radius 2 is 0.950 bits per heavy atom. The van der Waals surface area contributed by atoms with Gasteiger partial charge in [-0.05, 0) is 35.9 Å². The van der Waals surface area contributed by atoms with Crippen molar-refractivity contribution in [3.8, 4) is 0 Å². The van der Waals surface area contributed by atoms with E-state index in [0.717, 1.165) is 0 Å². The molecule has 0 saturated heterocycles. The summed E-state index contributed by atoms with van der Waals surface area (Å²) in [6.45, 7) is -0.176. The largest absolute Gasteiger partial charge is 0.475 e. The second-order valence-corrected chi connectivity index (χ2v) is 60.4. The molecule has 0 rings (SSSR count). The first-order valence-corrected chi connectivity index (χ1v) is 35.4. The maximum Gasteiger partial charge on any atom is 0.0498 e. The maximum atomic E-state index is 3.18. The van der Waals surface area contributed by atoms with Gasteiger partial charge in [-0.2, -0.15) is 0 Å². The Morgan fingerprint density at radius 3 is 1.10 bits per heavy atom. The van der Waals surface area contributed by atoms with Crippen molar-refractivity contribution in [1.82, 2.24) is 0 Å². The number of hydrogen-bond donors (Lipinski definition) is 0. The lowest BCUT2D eigenvalue weighted by molar-refractivity contribution is 1.87. The van der Waals surface area contributed by atoms with Crippen LogP contribution in [-0.4, -0.2) is 4.38 Å². The third-order valence-corrected chi connectivity index (χ3v) is 73.4. The smallest absolute Gasteiger partial charge is 0.0498 e. The van der Waals surface area contributed by atoms with Gasteiger partial charge in [-0.3, -0.25) is 8.93 Å². The summed E-state index contributed by atoms with van der Waals surface area (Å²) in [7, 11) is 35.7. The fraction of sp³-hybridized carbons (Fsp3) is 1.00. The predicted molar refractivity (Wildman–Crippen MR) is 165 cm³/mol. The van der Waals surface area contributed by atoms with Gasteiger partial charge in [0.25, 0.3) is 0 Å². The van der Waals surface area contributed by atoms with Gasteiger partial charge in [-0.1, -0.05) is 6.99 Å². The zero-order chi connectivity index (χ0) is 16.2. The molecule has 0 spiro atoms. The zero-order valence-corrected chi connectivity index (χ0v) is 30.3. The molecule has 19 heteroatoms.